The van der Waals surface area contributed by atoms with E-state index in [1.54, 1.807) is 11.3 Å². The zero-order valence-corrected chi connectivity index (χ0v) is 14.8. The number of hydrogen-bond donors (Lipinski definition) is 0. The van der Waals surface area contributed by atoms with E-state index in [0.717, 1.165) is 45.0 Å². The van der Waals surface area contributed by atoms with Crippen molar-refractivity contribution in [2.45, 2.75) is 32.1 Å². The number of nitrogens with zero attached hydrogens (tertiary/aromatic N) is 3. The van der Waals surface area contributed by atoms with E-state index in [-0.39, 0.29) is 5.60 Å². The van der Waals surface area contributed by atoms with Crippen LogP contribution in [0.3, 0.4) is 0 Å². The van der Waals surface area contributed by atoms with Gasteiger partial charge >= 0.3 is 0 Å². The highest BCUT2D eigenvalue weighted by Crippen LogP contribution is 2.41. The Morgan fingerprint density at radius 1 is 1.38 bits per heavy atom. The molecule has 128 valence electrons. The highest BCUT2D eigenvalue weighted by Gasteiger charge is 2.52. The zero-order chi connectivity index (χ0) is 16.4. The lowest BCUT2D eigenvalue weighted by Gasteiger charge is -2.50. The first-order valence-electron chi connectivity index (χ1n) is 8.47. The molecule has 2 aliphatic rings. The van der Waals surface area contributed by atoms with Gasteiger partial charge in [-0.05, 0) is 31.0 Å². The smallest absolute Gasteiger partial charge is 0.0985 e. The molecule has 0 amide bonds. The van der Waals surface area contributed by atoms with Gasteiger partial charge in [0, 0.05) is 49.4 Å². The summed E-state index contributed by atoms with van der Waals surface area (Å²) < 4.78 is 12.1. The summed E-state index contributed by atoms with van der Waals surface area (Å²) in [6.45, 7) is 7.38. The number of thiazole rings is 1. The third-order valence-corrected chi connectivity index (χ3v) is 6.05. The summed E-state index contributed by atoms with van der Waals surface area (Å²) in [5, 5.41) is 0. The summed E-state index contributed by atoms with van der Waals surface area (Å²) in [5.41, 5.74) is 4.28. The number of aromatic nitrogens is 2. The van der Waals surface area contributed by atoms with Crippen molar-refractivity contribution >= 4 is 11.3 Å². The van der Waals surface area contributed by atoms with Crippen LogP contribution in [-0.2, 0) is 22.6 Å². The van der Waals surface area contributed by atoms with Gasteiger partial charge in [-0.25, -0.2) is 4.98 Å². The molecular formula is C18H23N3O2S. The fourth-order valence-electron chi connectivity index (χ4n) is 3.67. The van der Waals surface area contributed by atoms with Crippen LogP contribution in [0.15, 0.2) is 30.0 Å². The van der Waals surface area contributed by atoms with Gasteiger partial charge in [0.2, 0.25) is 0 Å². The molecule has 1 spiro atoms. The molecular weight excluding hydrogens is 322 g/mol. The Morgan fingerprint density at radius 3 is 2.96 bits per heavy atom. The van der Waals surface area contributed by atoms with Crippen molar-refractivity contribution in [2.24, 2.45) is 5.92 Å². The molecule has 4 rings (SSSR count). The average molecular weight is 345 g/mol. The summed E-state index contributed by atoms with van der Waals surface area (Å²) in [6.07, 6.45) is 4.72. The molecule has 0 saturated carbocycles. The van der Waals surface area contributed by atoms with Gasteiger partial charge in [0.1, 0.15) is 0 Å². The van der Waals surface area contributed by atoms with Gasteiger partial charge in [-0.1, -0.05) is 0 Å². The standard InChI is InChI=1S/C18H23N3O2S/c1-14-17(24-13-20-14)8-21-11-18(12-21)16(4-7-23-18)10-22-9-15-2-5-19-6-3-15/h2-3,5-6,13,16H,4,7-12H2,1H3/t16-/m1/s1. The molecule has 0 aliphatic carbocycles. The molecule has 1 atom stereocenters. The zero-order valence-electron chi connectivity index (χ0n) is 14.0. The first-order chi connectivity index (χ1) is 11.8. The molecule has 2 saturated heterocycles. The Balaban J connectivity index is 1.27. The first kappa shape index (κ1) is 16.1. The molecule has 6 heteroatoms. The van der Waals surface area contributed by atoms with Crippen LogP contribution in [0.4, 0.5) is 0 Å². The lowest BCUT2D eigenvalue weighted by molar-refractivity contribution is -0.146. The van der Waals surface area contributed by atoms with Crippen molar-refractivity contribution in [3.8, 4) is 0 Å². The molecule has 0 unspecified atom stereocenters. The van der Waals surface area contributed by atoms with Crippen LogP contribution < -0.4 is 0 Å². The van der Waals surface area contributed by atoms with Crippen LogP contribution in [0.1, 0.15) is 22.6 Å². The quantitative estimate of drug-likeness (QED) is 0.805. The third kappa shape index (κ3) is 3.24. The summed E-state index contributed by atoms with van der Waals surface area (Å²) in [7, 11) is 0. The Morgan fingerprint density at radius 2 is 2.21 bits per heavy atom. The number of pyridine rings is 1. The maximum absolute atomic E-state index is 6.13. The fourth-order valence-corrected chi connectivity index (χ4v) is 4.49. The van der Waals surface area contributed by atoms with E-state index in [9.17, 15) is 0 Å². The SMILES string of the molecule is Cc1ncsc1CN1CC2(C1)OCC[C@@H]2COCc1ccncc1. The maximum atomic E-state index is 6.13. The highest BCUT2D eigenvalue weighted by atomic mass is 32.1. The predicted molar refractivity (Wildman–Crippen MR) is 92.8 cm³/mol. The number of rotatable bonds is 6. The van der Waals surface area contributed by atoms with Crippen molar-refractivity contribution in [1.82, 2.24) is 14.9 Å². The van der Waals surface area contributed by atoms with Crippen LogP contribution in [0, 0.1) is 12.8 Å². The van der Waals surface area contributed by atoms with Gasteiger partial charge in [-0.3, -0.25) is 9.88 Å². The fraction of sp³-hybridized carbons (Fsp3) is 0.556. The molecule has 0 aromatic carbocycles. The summed E-state index contributed by atoms with van der Waals surface area (Å²) >= 11 is 1.75. The largest absolute Gasteiger partial charge is 0.376 e. The topological polar surface area (TPSA) is 47.5 Å². The van der Waals surface area contributed by atoms with E-state index >= 15 is 0 Å². The minimum Gasteiger partial charge on any atom is -0.376 e. The molecule has 2 aliphatic heterocycles. The molecule has 24 heavy (non-hydrogen) atoms. The van der Waals surface area contributed by atoms with Gasteiger partial charge < -0.3 is 9.47 Å². The van der Waals surface area contributed by atoms with Crippen molar-refractivity contribution in [3.05, 3.63) is 46.2 Å². The van der Waals surface area contributed by atoms with E-state index < -0.39 is 0 Å². The lowest BCUT2D eigenvalue weighted by Crippen LogP contribution is -2.64. The van der Waals surface area contributed by atoms with Crippen molar-refractivity contribution in [3.63, 3.8) is 0 Å². The van der Waals surface area contributed by atoms with Crippen molar-refractivity contribution in [2.75, 3.05) is 26.3 Å². The molecule has 2 aromatic heterocycles. The average Bonchev–Trinajstić information content (AvgIpc) is 3.15. The normalized spacial score (nSPS) is 22.8. The first-order valence-corrected chi connectivity index (χ1v) is 9.35. The third-order valence-electron chi connectivity index (χ3n) is 5.13. The highest BCUT2D eigenvalue weighted by molar-refractivity contribution is 7.09. The van der Waals surface area contributed by atoms with E-state index in [2.05, 4.69) is 21.8 Å². The van der Waals surface area contributed by atoms with E-state index in [4.69, 9.17) is 9.47 Å². The van der Waals surface area contributed by atoms with Gasteiger partial charge in [-0.2, -0.15) is 0 Å². The van der Waals surface area contributed by atoms with Gasteiger partial charge in [0.05, 0.1) is 30.0 Å². The van der Waals surface area contributed by atoms with E-state index in [1.165, 1.54) is 10.4 Å². The maximum Gasteiger partial charge on any atom is 0.0985 e. The Kier molecular flexibility index (Phi) is 4.63. The summed E-state index contributed by atoms with van der Waals surface area (Å²) in [4.78, 5) is 12.2. The summed E-state index contributed by atoms with van der Waals surface area (Å²) in [6, 6.07) is 4.01. The molecule has 0 bridgehead atoms. The lowest BCUT2D eigenvalue weighted by atomic mass is 9.81. The second kappa shape index (κ2) is 6.88. The molecule has 5 nitrogen and oxygen atoms in total. The van der Waals surface area contributed by atoms with Crippen molar-refractivity contribution in [1.29, 1.82) is 0 Å². The van der Waals surface area contributed by atoms with Gasteiger partial charge in [0.15, 0.2) is 0 Å². The summed E-state index contributed by atoms with van der Waals surface area (Å²) in [5.74, 6) is 0.498. The van der Waals surface area contributed by atoms with E-state index in [0.29, 0.717) is 12.5 Å². The molecule has 2 fully saturated rings. The molecule has 4 heterocycles. The Hall–Kier alpha value is -1.34. The van der Waals surface area contributed by atoms with Crippen LogP contribution in [0.25, 0.3) is 0 Å². The Bertz CT molecular complexity index is 670. The Labute approximate surface area is 146 Å². The second-order valence-electron chi connectivity index (χ2n) is 6.78. The van der Waals surface area contributed by atoms with Crippen LogP contribution in [-0.4, -0.2) is 46.8 Å². The number of ether oxygens (including phenoxy) is 2. The monoisotopic (exact) mass is 345 g/mol. The van der Waals surface area contributed by atoms with Crippen LogP contribution in [0.5, 0.6) is 0 Å². The van der Waals surface area contributed by atoms with E-state index in [1.807, 2.05) is 30.0 Å². The van der Waals surface area contributed by atoms with Crippen LogP contribution in [0.2, 0.25) is 0 Å². The predicted octanol–water partition coefficient (Wildman–Crippen LogP) is 2.65. The minimum absolute atomic E-state index is 0.0108. The van der Waals surface area contributed by atoms with Gasteiger partial charge in [-0.15, -0.1) is 11.3 Å². The number of aryl methyl sites for hydroxylation is 1. The number of hydrogen-bond acceptors (Lipinski definition) is 6. The minimum atomic E-state index is 0.0108. The second-order valence-corrected chi connectivity index (χ2v) is 7.71. The number of likely N-dealkylation sites (tertiary alicyclic amines) is 1. The van der Waals surface area contributed by atoms with Gasteiger partial charge in [0.25, 0.3) is 0 Å². The van der Waals surface area contributed by atoms with Crippen LogP contribution >= 0.6 is 11.3 Å². The molecule has 0 radical (unpaired) electrons. The van der Waals surface area contributed by atoms with Crippen molar-refractivity contribution < 1.29 is 9.47 Å². The molecule has 0 N–H and O–H groups in total. The molecule has 2 aromatic rings.